The average molecular weight is 624 g/mol. The number of ether oxygens (including phenoxy) is 1. The Balaban J connectivity index is 1.58. The molecule has 0 atom stereocenters. The molecule has 3 aromatic carbocycles. The number of carbonyl (C=O) groups excluding carboxylic acids is 2. The SMILES string of the molecule is Cc1cccc(NC(=O)COc2c(Br)cc(/C=N/NC(=O)c3ccc(Br)cc3)cc2Br)c1. The summed E-state index contributed by atoms with van der Waals surface area (Å²) in [6, 6.07) is 18.0. The molecule has 0 heterocycles. The van der Waals surface area contributed by atoms with Gasteiger partial charge in [0.05, 0.1) is 15.2 Å². The van der Waals surface area contributed by atoms with E-state index < -0.39 is 0 Å². The highest BCUT2D eigenvalue weighted by Crippen LogP contribution is 2.34. The zero-order valence-corrected chi connectivity index (χ0v) is 21.6. The second-order valence-electron chi connectivity index (χ2n) is 6.73. The third-order valence-corrected chi connectivity index (χ3v) is 5.86. The average Bonchev–Trinajstić information content (AvgIpc) is 2.73. The first-order valence-electron chi connectivity index (χ1n) is 9.39. The van der Waals surface area contributed by atoms with Crippen LogP contribution in [-0.2, 0) is 4.79 Å². The maximum Gasteiger partial charge on any atom is 0.271 e. The van der Waals surface area contributed by atoms with Gasteiger partial charge in [-0.05, 0) is 98.4 Å². The molecular formula is C23H18Br3N3O3. The smallest absolute Gasteiger partial charge is 0.271 e. The van der Waals surface area contributed by atoms with Crippen LogP contribution in [0.15, 0.2) is 79.2 Å². The van der Waals surface area contributed by atoms with Crippen LogP contribution in [-0.4, -0.2) is 24.6 Å². The van der Waals surface area contributed by atoms with Crippen molar-refractivity contribution >= 4 is 71.5 Å². The molecule has 2 N–H and O–H groups in total. The summed E-state index contributed by atoms with van der Waals surface area (Å²) in [6.07, 6.45) is 1.51. The lowest BCUT2D eigenvalue weighted by Gasteiger charge is -2.12. The van der Waals surface area contributed by atoms with Gasteiger partial charge in [-0.25, -0.2) is 5.43 Å². The second kappa shape index (κ2) is 11.4. The molecule has 0 unspecified atom stereocenters. The van der Waals surface area contributed by atoms with Gasteiger partial charge in [0.1, 0.15) is 5.75 Å². The molecular weight excluding hydrogens is 606 g/mol. The van der Waals surface area contributed by atoms with Crippen LogP contribution in [0.1, 0.15) is 21.5 Å². The number of hydrogen-bond acceptors (Lipinski definition) is 4. The topological polar surface area (TPSA) is 79.8 Å². The molecule has 0 saturated carbocycles. The van der Waals surface area contributed by atoms with Gasteiger partial charge < -0.3 is 10.1 Å². The Kier molecular flexibility index (Phi) is 8.60. The van der Waals surface area contributed by atoms with E-state index in [2.05, 4.69) is 63.6 Å². The molecule has 0 fully saturated rings. The number of benzene rings is 3. The van der Waals surface area contributed by atoms with Crippen molar-refractivity contribution in [2.75, 3.05) is 11.9 Å². The molecule has 164 valence electrons. The number of hydrogen-bond donors (Lipinski definition) is 2. The van der Waals surface area contributed by atoms with Crippen molar-refractivity contribution in [2.24, 2.45) is 5.10 Å². The predicted octanol–water partition coefficient (Wildman–Crippen LogP) is 6.06. The Hall–Kier alpha value is -2.49. The fourth-order valence-electron chi connectivity index (χ4n) is 2.68. The van der Waals surface area contributed by atoms with Crippen LogP contribution in [0.5, 0.6) is 5.75 Å². The lowest BCUT2D eigenvalue weighted by Crippen LogP contribution is -2.20. The van der Waals surface area contributed by atoms with Crippen molar-refractivity contribution in [3.8, 4) is 5.75 Å². The third-order valence-electron chi connectivity index (χ3n) is 4.16. The molecule has 0 spiro atoms. The van der Waals surface area contributed by atoms with Crippen molar-refractivity contribution in [1.29, 1.82) is 0 Å². The van der Waals surface area contributed by atoms with E-state index in [-0.39, 0.29) is 18.4 Å². The summed E-state index contributed by atoms with van der Waals surface area (Å²) >= 11 is 10.2. The molecule has 32 heavy (non-hydrogen) atoms. The minimum Gasteiger partial charge on any atom is -0.481 e. The van der Waals surface area contributed by atoms with Gasteiger partial charge in [-0.3, -0.25) is 9.59 Å². The number of carbonyl (C=O) groups is 2. The number of rotatable bonds is 7. The van der Waals surface area contributed by atoms with Gasteiger partial charge in [0.25, 0.3) is 11.8 Å². The Morgan fingerprint density at radius 1 is 1.00 bits per heavy atom. The first kappa shape index (κ1) is 24.2. The largest absolute Gasteiger partial charge is 0.481 e. The number of amides is 2. The minimum atomic E-state index is -0.313. The van der Waals surface area contributed by atoms with Gasteiger partial charge in [-0.1, -0.05) is 28.1 Å². The van der Waals surface area contributed by atoms with Gasteiger partial charge in [-0.15, -0.1) is 0 Å². The summed E-state index contributed by atoms with van der Waals surface area (Å²) in [5, 5.41) is 6.80. The monoisotopic (exact) mass is 621 g/mol. The quantitative estimate of drug-likeness (QED) is 0.248. The Labute approximate surface area is 210 Å². The lowest BCUT2D eigenvalue weighted by molar-refractivity contribution is -0.118. The van der Waals surface area contributed by atoms with Crippen molar-refractivity contribution in [3.63, 3.8) is 0 Å². The molecule has 6 nitrogen and oxygen atoms in total. The van der Waals surface area contributed by atoms with Crippen LogP contribution < -0.4 is 15.5 Å². The van der Waals surface area contributed by atoms with Crippen LogP contribution in [0, 0.1) is 6.92 Å². The maximum absolute atomic E-state index is 12.2. The summed E-state index contributed by atoms with van der Waals surface area (Å²) in [5.74, 6) is -0.0948. The summed E-state index contributed by atoms with van der Waals surface area (Å²) in [7, 11) is 0. The number of nitrogens with one attached hydrogen (secondary N) is 2. The van der Waals surface area contributed by atoms with E-state index in [9.17, 15) is 9.59 Å². The second-order valence-corrected chi connectivity index (χ2v) is 9.35. The molecule has 0 aliphatic carbocycles. The lowest BCUT2D eigenvalue weighted by atomic mass is 10.2. The van der Waals surface area contributed by atoms with Crippen LogP contribution in [0.25, 0.3) is 0 Å². The standard InChI is InChI=1S/C23H18Br3N3O3/c1-14-3-2-4-18(9-14)28-21(30)13-32-22-19(25)10-15(11-20(22)26)12-27-29-23(31)16-5-7-17(24)8-6-16/h2-12H,13H2,1H3,(H,28,30)(H,29,31)/b27-12+. The summed E-state index contributed by atoms with van der Waals surface area (Å²) in [5.41, 5.74) is 5.48. The Bertz CT molecular complexity index is 1140. The highest BCUT2D eigenvalue weighted by molar-refractivity contribution is 9.11. The fourth-order valence-corrected chi connectivity index (χ4v) is 4.40. The molecule has 0 aromatic heterocycles. The minimum absolute atomic E-state index is 0.151. The van der Waals surface area contributed by atoms with Crippen LogP contribution >= 0.6 is 47.8 Å². The van der Waals surface area contributed by atoms with Crippen molar-refractivity contribution in [3.05, 3.63) is 90.8 Å². The third kappa shape index (κ3) is 7.01. The molecule has 0 saturated heterocycles. The van der Waals surface area contributed by atoms with Crippen molar-refractivity contribution < 1.29 is 14.3 Å². The summed E-state index contributed by atoms with van der Waals surface area (Å²) < 4.78 is 7.83. The van der Waals surface area contributed by atoms with E-state index >= 15 is 0 Å². The Morgan fingerprint density at radius 2 is 1.69 bits per heavy atom. The number of nitrogens with zero attached hydrogens (tertiary/aromatic N) is 1. The van der Waals surface area contributed by atoms with E-state index in [4.69, 9.17) is 4.74 Å². The Morgan fingerprint density at radius 3 is 2.34 bits per heavy atom. The van der Waals surface area contributed by atoms with Crippen molar-refractivity contribution in [1.82, 2.24) is 5.43 Å². The fraction of sp³-hybridized carbons (Fsp3) is 0.0870. The number of aryl methyl sites for hydroxylation is 1. The van der Waals surface area contributed by atoms with Crippen LogP contribution in [0.2, 0.25) is 0 Å². The molecule has 0 aliphatic heterocycles. The van der Waals surface area contributed by atoms with E-state index in [1.54, 1.807) is 36.4 Å². The van der Waals surface area contributed by atoms with Crippen LogP contribution in [0.4, 0.5) is 5.69 Å². The van der Waals surface area contributed by atoms with E-state index in [0.29, 0.717) is 25.9 Å². The zero-order chi connectivity index (χ0) is 23.1. The molecule has 3 rings (SSSR count). The first-order chi connectivity index (χ1) is 15.3. The van der Waals surface area contributed by atoms with Gasteiger partial charge in [0, 0.05) is 15.7 Å². The maximum atomic E-state index is 12.2. The highest BCUT2D eigenvalue weighted by Gasteiger charge is 2.11. The molecule has 9 heteroatoms. The van der Waals surface area contributed by atoms with E-state index in [0.717, 1.165) is 15.6 Å². The van der Waals surface area contributed by atoms with Crippen LogP contribution in [0.3, 0.4) is 0 Å². The highest BCUT2D eigenvalue weighted by atomic mass is 79.9. The number of halogens is 3. The number of anilines is 1. The van der Waals surface area contributed by atoms with Gasteiger partial charge in [0.15, 0.2) is 6.61 Å². The molecule has 0 aliphatic rings. The number of hydrazone groups is 1. The van der Waals surface area contributed by atoms with Gasteiger partial charge in [0.2, 0.25) is 0 Å². The summed E-state index contributed by atoms with van der Waals surface area (Å²) in [4.78, 5) is 24.3. The van der Waals surface area contributed by atoms with Crippen molar-refractivity contribution in [2.45, 2.75) is 6.92 Å². The molecule has 0 radical (unpaired) electrons. The molecule has 0 bridgehead atoms. The zero-order valence-electron chi connectivity index (χ0n) is 16.9. The molecule has 2 amide bonds. The summed E-state index contributed by atoms with van der Waals surface area (Å²) in [6.45, 7) is 1.80. The van der Waals surface area contributed by atoms with E-state index in [1.165, 1.54) is 6.21 Å². The predicted molar refractivity (Wildman–Crippen MR) is 136 cm³/mol. The first-order valence-corrected chi connectivity index (χ1v) is 11.8. The van der Waals surface area contributed by atoms with Gasteiger partial charge >= 0.3 is 0 Å². The van der Waals surface area contributed by atoms with E-state index in [1.807, 2.05) is 31.2 Å². The molecule has 3 aromatic rings. The van der Waals surface area contributed by atoms with Gasteiger partial charge in [-0.2, -0.15) is 5.10 Å². The normalized spacial score (nSPS) is 10.8.